The average Bonchev–Trinajstić information content (AvgIpc) is 2.59. The highest BCUT2D eigenvalue weighted by atomic mass is 127. The Morgan fingerprint density at radius 2 is 2.20 bits per heavy atom. The van der Waals surface area contributed by atoms with Crippen LogP contribution in [0.25, 0.3) is 0 Å². The molecule has 0 radical (unpaired) electrons. The van der Waals surface area contributed by atoms with E-state index < -0.39 is 0 Å². The van der Waals surface area contributed by atoms with Gasteiger partial charge in [-0.1, -0.05) is 13.3 Å². The van der Waals surface area contributed by atoms with Crippen LogP contribution in [0.1, 0.15) is 46.5 Å². The minimum Gasteiger partial charge on any atom is -0.379 e. The summed E-state index contributed by atoms with van der Waals surface area (Å²) >= 11 is 2.11. The van der Waals surface area contributed by atoms with E-state index in [0.717, 1.165) is 37.5 Å². The van der Waals surface area contributed by atoms with E-state index in [1.807, 2.05) is 7.05 Å². The lowest BCUT2D eigenvalue weighted by molar-refractivity contribution is -0.0174. The fourth-order valence-corrected chi connectivity index (χ4v) is 4.98. The summed E-state index contributed by atoms with van der Waals surface area (Å²) in [6, 6.07) is 1.54. The predicted molar refractivity (Wildman–Crippen MR) is 121 cm³/mol. The van der Waals surface area contributed by atoms with Crippen molar-refractivity contribution in [2.24, 2.45) is 4.99 Å². The van der Waals surface area contributed by atoms with Gasteiger partial charge in [-0.15, -0.1) is 24.0 Å². The summed E-state index contributed by atoms with van der Waals surface area (Å²) in [5, 5.41) is 7.99. The first-order valence-electron chi connectivity index (χ1n) is 9.56. The Hall–Kier alpha value is 0.270. The molecule has 2 rings (SSSR count). The molecule has 0 aromatic rings. The Balaban J connectivity index is 0.00000312. The molecule has 0 aromatic carbocycles. The van der Waals surface area contributed by atoms with Crippen LogP contribution >= 0.6 is 35.7 Å². The lowest BCUT2D eigenvalue weighted by Crippen LogP contribution is -2.54. The third-order valence-electron chi connectivity index (χ3n) is 5.14. The zero-order valence-corrected chi connectivity index (χ0v) is 19.4. The molecule has 1 aliphatic heterocycles. The highest BCUT2D eigenvalue weighted by Crippen LogP contribution is 2.28. The number of ether oxygens (including phenoxy) is 1. The zero-order chi connectivity index (χ0) is 17.4. The molecule has 2 N–H and O–H groups in total. The molecule has 0 aromatic heterocycles. The van der Waals surface area contributed by atoms with Gasteiger partial charge < -0.3 is 15.4 Å². The summed E-state index contributed by atoms with van der Waals surface area (Å²) in [5.74, 6) is 2.18. The van der Waals surface area contributed by atoms with Crippen molar-refractivity contribution in [3.05, 3.63) is 0 Å². The van der Waals surface area contributed by atoms with E-state index in [1.165, 1.54) is 31.4 Å². The van der Waals surface area contributed by atoms with Gasteiger partial charge in [-0.05, 0) is 38.9 Å². The molecule has 0 bridgehead atoms. The number of nitrogens with zero attached hydrogens (tertiary/aromatic N) is 2. The average molecular weight is 484 g/mol. The number of rotatable bonds is 6. The lowest BCUT2D eigenvalue weighted by Gasteiger charge is -2.38. The van der Waals surface area contributed by atoms with Crippen LogP contribution in [-0.2, 0) is 4.74 Å². The van der Waals surface area contributed by atoms with Crippen LogP contribution in [-0.4, -0.2) is 73.3 Å². The fourth-order valence-electron chi connectivity index (χ4n) is 3.81. The maximum atomic E-state index is 5.54. The van der Waals surface area contributed by atoms with Crippen molar-refractivity contribution in [3.8, 4) is 0 Å². The van der Waals surface area contributed by atoms with E-state index in [9.17, 15) is 0 Å². The summed E-state index contributed by atoms with van der Waals surface area (Å²) in [5.41, 5.74) is 0. The van der Waals surface area contributed by atoms with Gasteiger partial charge in [0.2, 0.25) is 0 Å². The molecule has 1 heterocycles. The van der Waals surface area contributed by atoms with Crippen molar-refractivity contribution in [1.82, 2.24) is 15.5 Å². The van der Waals surface area contributed by atoms with Crippen LogP contribution in [0.2, 0.25) is 0 Å². The minimum absolute atomic E-state index is 0. The van der Waals surface area contributed by atoms with Gasteiger partial charge in [-0.2, -0.15) is 11.8 Å². The monoisotopic (exact) mass is 484 g/mol. The van der Waals surface area contributed by atoms with Crippen LogP contribution in [0.3, 0.4) is 0 Å². The number of nitrogens with one attached hydrogen (secondary N) is 2. The smallest absolute Gasteiger partial charge is 0.191 e. The Bertz CT molecular complexity index is 397. The molecular formula is C18H37IN4OS. The first kappa shape index (κ1) is 23.3. The van der Waals surface area contributed by atoms with Gasteiger partial charge in [0.15, 0.2) is 5.96 Å². The third-order valence-corrected chi connectivity index (χ3v) is 6.38. The Morgan fingerprint density at radius 1 is 1.40 bits per heavy atom. The summed E-state index contributed by atoms with van der Waals surface area (Å²) in [6.07, 6.45) is 5.22. The normalized spacial score (nSPS) is 29.6. The van der Waals surface area contributed by atoms with Gasteiger partial charge in [0.1, 0.15) is 0 Å². The topological polar surface area (TPSA) is 48.9 Å². The number of hydrogen-bond donors (Lipinski definition) is 2. The van der Waals surface area contributed by atoms with Gasteiger partial charge in [-0.25, -0.2) is 0 Å². The zero-order valence-electron chi connectivity index (χ0n) is 16.3. The van der Waals surface area contributed by atoms with Gasteiger partial charge in [0.25, 0.3) is 0 Å². The predicted octanol–water partition coefficient (Wildman–Crippen LogP) is 2.94. The first-order valence-corrected chi connectivity index (χ1v) is 10.6. The quantitative estimate of drug-likeness (QED) is 0.345. The largest absolute Gasteiger partial charge is 0.379 e. The van der Waals surface area contributed by atoms with Gasteiger partial charge >= 0.3 is 0 Å². The molecule has 4 atom stereocenters. The number of halogens is 1. The second-order valence-electron chi connectivity index (χ2n) is 7.05. The highest BCUT2D eigenvalue weighted by Gasteiger charge is 2.25. The SMILES string of the molecule is CCSC1CCCC(NC(=NC)NCC(C)N2CCOCC2C)C1.I. The summed E-state index contributed by atoms with van der Waals surface area (Å²) in [7, 11) is 1.87. The van der Waals surface area contributed by atoms with E-state index in [2.05, 4.69) is 53.1 Å². The van der Waals surface area contributed by atoms with E-state index in [1.54, 1.807) is 0 Å². The molecule has 1 saturated carbocycles. The molecular weight excluding hydrogens is 447 g/mol. The lowest BCUT2D eigenvalue weighted by atomic mass is 9.95. The van der Waals surface area contributed by atoms with Gasteiger partial charge in [0.05, 0.1) is 13.2 Å². The number of morpholine rings is 1. The number of hydrogen-bond acceptors (Lipinski definition) is 4. The Kier molecular flexibility index (Phi) is 11.8. The number of guanidine groups is 1. The summed E-state index contributed by atoms with van der Waals surface area (Å²) in [4.78, 5) is 6.96. The molecule has 4 unspecified atom stereocenters. The van der Waals surface area contributed by atoms with E-state index in [0.29, 0.717) is 18.1 Å². The number of aliphatic imine (C=N–C) groups is 1. The first-order chi connectivity index (χ1) is 11.6. The van der Waals surface area contributed by atoms with E-state index in [4.69, 9.17) is 4.74 Å². The van der Waals surface area contributed by atoms with Gasteiger partial charge in [-0.3, -0.25) is 9.89 Å². The van der Waals surface area contributed by atoms with Crippen molar-refractivity contribution in [2.75, 3.05) is 39.1 Å². The van der Waals surface area contributed by atoms with E-state index in [-0.39, 0.29) is 24.0 Å². The standard InChI is InChI=1S/C18H36N4OS.HI/c1-5-24-17-8-6-7-16(11-17)21-18(19-4)20-12-14(2)22-9-10-23-13-15(22)3;/h14-17H,5-13H2,1-4H3,(H2,19,20,21);1H. The molecule has 1 saturated heterocycles. The van der Waals surface area contributed by atoms with Crippen LogP contribution < -0.4 is 10.6 Å². The molecule has 2 fully saturated rings. The van der Waals surface area contributed by atoms with Gasteiger partial charge in [0, 0.05) is 43.5 Å². The summed E-state index contributed by atoms with van der Waals surface area (Å²) < 4.78 is 5.54. The van der Waals surface area contributed by atoms with Crippen LogP contribution in [0, 0.1) is 0 Å². The molecule has 148 valence electrons. The highest BCUT2D eigenvalue weighted by molar-refractivity contribution is 14.0. The molecule has 5 nitrogen and oxygen atoms in total. The molecule has 7 heteroatoms. The van der Waals surface area contributed by atoms with Crippen LogP contribution in [0.5, 0.6) is 0 Å². The summed E-state index contributed by atoms with van der Waals surface area (Å²) in [6.45, 7) is 10.4. The fraction of sp³-hybridized carbons (Fsp3) is 0.944. The third kappa shape index (κ3) is 7.81. The van der Waals surface area contributed by atoms with Crippen molar-refractivity contribution >= 4 is 41.7 Å². The van der Waals surface area contributed by atoms with Crippen molar-refractivity contribution in [1.29, 1.82) is 0 Å². The second kappa shape index (κ2) is 12.6. The molecule has 2 aliphatic rings. The second-order valence-corrected chi connectivity index (χ2v) is 8.63. The Morgan fingerprint density at radius 3 is 2.88 bits per heavy atom. The molecule has 0 spiro atoms. The van der Waals surface area contributed by atoms with E-state index >= 15 is 0 Å². The molecule has 25 heavy (non-hydrogen) atoms. The van der Waals surface area contributed by atoms with Crippen LogP contribution in [0.15, 0.2) is 4.99 Å². The maximum Gasteiger partial charge on any atom is 0.191 e. The van der Waals surface area contributed by atoms with Crippen molar-refractivity contribution < 1.29 is 4.74 Å². The Labute approximate surface area is 175 Å². The van der Waals surface area contributed by atoms with Crippen molar-refractivity contribution in [2.45, 2.75) is 69.8 Å². The minimum atomic E-state index is 0. The molecule has 1 aliphatic carbocycles. The molecule has 0 amide bonds. The van der Waals surface area contributed by atoms with Crippen LogP contribution in [0.4, 0.5) is 0 Å². The van der Waals surface area contributed by atoms with Crippen molar-refractivity contribution in [3.63, 3.8) is 0 Å². The maximum absolute atomic E-state index is 5.54. The number of thioether (sulfide) groups is 1.